The molecule has 3 radical (unpaired) electrons. The first-order chi connectivity index (χ1) is 8.28. The van der Waals surface area contributed by atoms with Crippen LogP contribution in [0.15, 0.2) is 0 Å². The number of hydrogen-bond donors (Lipinski definition) is 0. The van der Waals surface area contributed by atoms with Crippen molar-refractivity contribution in [3.8, 4) is 0 Å². The molecule has 0 unspecified atom stereocenters. The molecule has 0 atom stereocenters. The first-order valence-corrected chi connectivity index (χ1v) is 7.54. The molecule has 0 aliphatic heterocycles. The molecule has 3 heteroatoms. The molecule has 0 saturated carbocycles. The molecule has 2 nitrogen and oxygen atoms in total. The van der Waals surface area contributed by atoms with Crippen molar-refractivity contribution in [2.45, 2.75) is 53.4 Å². The summed E-state index contributed by atoms with van der Waals surface area (Å²) in [7, 11) is 0. The zero-order valence-corrected chi connectivity index (χ0v) is 17.3. The van der Waals surface area contributed by atoms with E-state index in [9.17, 15) is 0 Å². The average molecular weight is 362 g/mol. The second kappa shape index (κ2) is 15.8. The van der Waals surface area contributed by atoms with E-state index in [2.05, 4.69) is 43.9 Å². The summed E-state index contributed by atoms with van der Waals surface area (Å²) < 4.78 is 0. The Morgan fingerprint density at radius 1 is 0.667 bits per heavy atom. The molecule has 0 N–H and O–H groups in total. The molecule has 0 fully saturated rings. The average Bonchev–Trinajstić information content (AvgIpc) is 2.37. The monoisotopic (exact) mass is 363 g/mol. The van der Waals surface area contributed by atoms with E-state index in [1.807, 2.05) is 0 Å². The summed E-state index contributed by atoms with van der Waals surface area (Å²) in [5, 5.41) is 0. The molecule has 0 aromatic heterocycles. The molecule has 0 aromatic carbocycles. The van der Waals surface area contributed by atoms with Gasteiger partial charge in [0.15, 0.2) is 0 Å². The van der Waals surface area contributed by atoms with Crippen LogP contribution in [0, 0.1) is 6.42 Å². The third-order valence-electron chi connectivity index (χ3n) is 3.55. The Hall–Kier alpha value is 0.719. The number of hydrogen-bond acceptors (Lipinski definition) is 2. The number of unbranched alkanes of at least 4 members (excludes halogenated alkanes) is 4. The van der Waals surface area contributed by atoms with E-state index < -0.39 is 0 Å². The van der Waals surface area contributed by atoms with Gasteiger partial charge in [0.05, 0.1) is 0 Å². The van der Waals surface area contributed by atoms with Crippen molar-refractivity contribution in [3.05, 3.63) is 6.42 Å². The second-order valence-corrected chi connectivity index (χ2v) is 4.63. The molecule has 0 heterocycles. The molecular weight excluding hydrogens is 327 g/mol. The topological polar surface area (TPSA) is 6.48 Å². The molecule has 0 aromatic rings. The quantitative estimate of drug-likeness (QED) is 0.389. The Morgan fingerprint density at radius 3 is 1.28 bits per heavy atom. The van der Waals surface area contributed by atoms with Crippen molar-refractivity contribution in [2.75, 3.05) is 39.3 Å². The predicted molar refractivity (Wildman–Crippen MR) is 86.9 cm³/mol. The predicted octanol–water partition coefficient (Wildman–Crippen LogP) is 2.52. The van der Waals surface area contributed by atoms with Gasteiger partial charge in [0.2, 0.25) is 0 Å². The normalized spacial score (nSPS) is 11.0. The SMILES string of the molecule is CCN(CC)CCC[CH]CCCN(CC)CC.[SnH2]. The van der Waals surface area contributed by atoms with Crippen molar-refractivity contribution < 1.29 is 0 Å². The summed E-state index contributed by atoms with van der Waals surface area (Å²) in [6.45, 7) is 16.3. The summed E-state index contributed by atoms with van der Waals surface area (Å²) in [4.78, 5) is 5.01. The Balaban J connectivity index is 0. The van der Waals surface area contributed by atoms with Crippen LogP contribution >= 0.6 is 0 Å². The molecule has 0 bridgehead atoms. The first kappa shape index (κ1) is 21.0. The molecule has 0 aliphatic carbocycles. The van der Waals surface area contributed by atoms with Crippen LogP contribution in [-0.2, 0) is 0 Å². The van der Waals surface area contributed by atoms with Crippen LogP contribution in [0.3, 0.4) is 0 Å². The molecule has 0 saturated heterocycles. The van der Waals surface area contributed by atoms with Crippen molar-refractivity contribution in [1.29, 1.82) is 0 Å². The number of nitrogens with zero attached hydrogens (tertiary/aromatic N) is 2. The standard InChI is InChI=1S/C15H33N2.Sn.2H/c1-5-16(6-2)14-12-10-9-11-13-15-17(7-3)8-4;;;/h9H,5-8,10-15H2,1-4H3;;;. The zero-order chi connectivity index (χ0) is 12.9. The summed E-state index contributed by atoms with van der Waals surface area (Å²) >= 11 is 0. The molecule has 0 aliphatic rings. The van der Waals surface area contributed by atoms with Gasteiger partial charge in [-0.15, -0.1) is 0 Å². The molecule has 18 heavy (non-hydrogen) atoms. The van der Waals surface area contributed by atoms with Crippen LogP contribution in [-0.4, -0.2) is 73.0 Å². The van der Waals surface area contributed by atoms with Crippen molar-refractivity contribution in [2.24, 2.45) is 0 Å². The Morgan fingerprint density at radius 2 is 1.00 bits per heavy atom. The van der Waals surface area contributed by atoms with E-state index in [4.69, 9.17) is 0 Å². The van der Waals surface area contributed by atoms with E-state index >= 15 is 0 Å². The fraction of sp³-hybridized carbons (Fsp3) is 0.933. The molecule has 109 valence electrons. The van der Waals surface area contributed by atoms with Gasteiger partial charge in [-0.25, -0.2) is 0 Å². The van der Waals surface area contributed by atoms with E-state index in [1.165, 1.54) is 65.0 Å². The summed E-state index contributed by atoms with van der Waals surface area (Å²) in [6, 6.07) is 0. The Bertz CT molecular complexity index is 129. The van der Waals surface area contributed by atoms with Crippen LogP contribution in [0.4, 0.5) is 0 Å². The third kappa shape index (κ3) is 11.8. The van der Waals surface area contributed by atoms with Gasteiger partial charge >= 0.3 is 23.9 Å². The fourth-order valence-corrected chi connectivity index (χ4v) is 2.14. The van der Waals surface area contributed by atoms with Gasteiger partial charge < -0.3 is 9.80 Å². The first-order valence-electron chi connectivity index (χ1n) is 7.54. The fourth-order valence-electron chi connectivity index (χ4n) is 2.14. The molecular formula is C15H35N2Sn. The molecule has 0 rings (SSSR count). The van der Waals surface area contributed by atoms with Crippen molar-refractivity contribution >= 4 is 23.9 Å². The number of rotatable bonds is 12. The van der Waals surface area contributed by atoms with Gasteiger partial charge in [0.1, 0.15) is 0 Å². The van der Waals surface area contributed by atoms with Crippen LogP contribution in [0.1, 0.15) is 53.4 Å². The van der Waals surface area contributed by atoms with E-state index in [0.29, 0.717) is 0 Å². The van der Waals surface area contributed by atoms with E-state index in [0.717, 1.165) is 0 Å². The zero-order valence-electron chi connectivity index (χ0n) is 13.2. The maximum absolute atomic E-state index is 2.50. The second-order valence-electron chi connectivity index (χ2n) is 4.63. The van der Waals surface area contributed by atoms with Gasteiger partial charge in [-0.1, -0.05) is 27.7 Å². The van der Waals surface area contributed by atoms with Crippen LogP contribution < -0.4 is 0 Å². The van der Waals surface area contributed by atoms with Crippen LogP contribution in [0.2, 0.25) is 0 Å². The minimum atomic E-state index is 0. The third-order valence-corrected chi connectivity index (χ3v) is 3.55. The Kier molecular flexibility index (Phi) is 18.4. The van der Waals surface area contributed by atoms with Gasteiger partial charge in [0, 0.05) is 0 Å². The van der Waals surface area contributed by atoms with Gasteiger partial charge in [-0.3, -0.25) is 0 Å². The summed E-state index contributed by atoms with van der Waals surface area (Å²) in [5.74, 6) is 0. The molecule has 0 amide bonds. The minimum absolute atomic E-state index is 0. The Labute approximate surface area is 132 Å². The van der Waals surface area contributed by atoms with E-state index in [-0.39, 0.29) is 23.9 Å². The summed E-state index contributed by atoms with van der Waals surface area (Å²) in [6.07, 6.45) is 7.70. The van der Waals surface area contributed by atoms with Gasteiger partial charge in [-0.05, 0) is 71.4 Å². The maximum atomic E-state index is 2.50. The van der Waals surface area contributed by atoms with Gasteiger partial charge in [-0.2, -0.15) is 0 Å². The van der Waals surface area contributed by atoms with Gasteiger partial charge in [0.25, 0.3) is 0 Å². The van der Waals surface area contributed by atoms with Crippen molar-refractivity contribution in [1.82, 2.24) is 9.80 Å². The van der Waals surface area contributed by atoms with Crippen LogP contribution in [0.5, 0.6) is 0 Å². The van der Waals surface area contributed by atoms with Crippen LogP contribution in [0.25, 0.3) is 0 Å². The summed E-state index contributed by atoms with van der Waals surface area (Å²) in [5.41, 5.74) is 0. The molecule has 0 spiro atoms. The van der Waals surface area contributed by atoms with Crippen molar-refractivity contribution in [3.63, 3.8) is 0 Å². The van der Waals surface area contributed by atoms with E-state index in [1.54, 1.807) is 0 Å².